The molecule has 0 aliphatic heterocycles. The molecule has 4 N–H and O–H groups in total. The average molecular weight is 458 g/mol. The third-order valence-corrected chi connectivity index (χ3v) is 5.45. The van der Waals surface area contributed by atoms with Crippen molar-refractivity contribution in [1.29, 1.82) is 0 Å². The number of alkyl carbamates (subject to hydrolysis) is 1. The molecule has 9 nitrogen and oxygen atoms in total. The van der Waals surface area contributed by atoms with Crippen molar-refractivity contribution in [3.63, 3.8) is 0 Å². The number of nitrogens with one attached hydrogen (secondary N) is 3. The lowest BCUT2D eigenvalue weighted by molar-refractivity contribution is -0.141. The zero-order chi connectivity index (χ0) is 23.9. The Labute approximate surface area is 195 Å². The number of hydrogen-bond acceptors (Lipinski definition) is 5. The number of rotatable bonds is 7. The molecule has 172 valence electrons. The van der Waals surface area contributed by atoms with Gasteiger partial charge in [-0.25, -0.2) is 14.6 Å². The summed E-state index contributed by atoms with van der Waals surface area (Å²) in [5, 5.41) is 14.1. The predicted molar refractivity (Wildman–Crippen MR) is 123 cm³/mol. The highest BCUT2D eigenvalue weighted by atomic mass is 16.5. The smallest absolute Gasteiger partial charge is 0.407 e. The third-order valence-electron chi connectivity index (χ3n) is 5.45. The van der Waals surface area contributed by atoms with Crippen LogP contribution >= 0.6 is 0 Å². The number of fused-ring (bicyclic) bond motifs is 3. The fourth-order valence-electron chi connectivity index (χ4n) is 3.90. The first kappa shape index (κ1) is 22.6. The molecule has 9 heteroatoms. The van der Waals surface area contributed by atoms with E-state index in [1.807, 2.05) is 36.4 Å². The molecule has 1 heterocycles. The molecule has 2 aromatic carbocycles. The minimum absolute atomic E-state index is 0.0424. The number of carboxylic acids is 1. The summed E-state index contributed by atoms with van der Waals surface area (Å²) in [4.78, 5) is 42.0. The maximum Gasteiger partial charge on any atom is 0.407 e. The summed E-state index contributed by atoms with van der Waals surface area (Å²) in [6.07, 6.45) is 2.29. The van der Waals surface area contributed by atoms with Crippen molar-refractivity contribution in [1.82, 2.24) is 20.6 Å². The van der Waals surface area contributed by atoms with E-state index in [0.29, 0.717) is 5.69 Å². The van der Waals surface area contributed by atoms with Crippen LogP contribution in [0.15, 0.2) is 61.1 Å². The molecule has 1 atom stereocenters. The zero-order valence-corrected chi connectivity index (χ0v) is 18.1. The molecular weight excluding hydrogens is 436 g/mol. The molecule has 4 rings (SSSR count). The Morgan fingerprint density at radius 2 is 1.76 bits per heavy atom. The van der Waals surface area contributed by atoms with Crippen LogP contribution in [0.5, 0.6) is 0 Å². The van der Waals surface area contributed by atoms with E-state index in [1.165, 1.54) is 12.5 Å². The van der Waals surface area contributed by atoms with Crippen LogP contribution < -0.4 is 10.6 Å². The highest BCUT2D eigenvalue weighted by molar-refractivity contribution is 5.96. The summed E-state index contributed by atoms with van der Waals surface area (Å²) in [6, 6.07) is 14.9. The van der Waals surface area contributed by atoms with Gasteiger partial charge in [0.15, 0.2) is 0 Å². The largest absolute Gasteiger partial charge is 0.480 e. The number of aromatic nitrogens is 2. The highest BCUT2D eigenvalue weighted by Gasteiger charge is 2.29. The second-order valence-corrected chi connectivity index (χ2v) is 7.63. The number of nitrogens with zero attached hydrogens (tertiary/aromatic N) is 1. The van der Waals surface area contributed by atoms with E-state index in [-0.39, 0.29) is 25.5 Å². The molecule has 1 aromatic heterocycles. The molecular formula is C25H22N4O5. The van der Waals surface area contributed by atoms with Crippen molar-refractivity contribution in [3.8, 4) is 23.0 Å². The number of benzene rings is 2. The number of aliphatic carboxylic acids is 1. The van der Waals surface area contributed by atoms with Gasteiger partial charge in [-0.15, -0.1) is 0 Å². The van der Waals surface area contributed by atoms with Gasteiger partial charge in [0.05, 0.1) is 12.9 Å². The minimum Gasteiger partial charge on any atom is -0.480 e. The number of carbonyl (C=O) groups is 3. The standard InChI is InChI=1S/C25H22N4O5/c30-23(29-22(24(31)32)12-16-13-26-15-28-16)10-5-11-27-25(33)34-14-21-19-8-3-1-6-17(19)18-7-2-4-9-20(18)21/h1-4,6-9,13,15,21-22H,11-12,14H2,(H,26,28)(H,27,33)(H,29,30)(H,31,32). The third kappa shape index (κ3) is 5.24. The first-order valence-electron chi connectivity index (χ1n) is 10.6. The van der Waals surface area contributed by atoms with Crippen LogP contribution in [0.4, 0.5) is 4.79 Å². The zero-order valence-electron chi connectivity index (χ0n) is 18.1. The van der Waals surface area contributed by atoms with Gasteiger partial charge in [-0.3, -0.25) is 4.79 Å². The first-order valence-corrected chi connectivity index (χ1v) is 10.6. The summed E-state index contributed by atoms with van der Waals surface area (Å²) in [6.45, 7) is 0.0457. The number of amides is 2. The SMILES string of the molecule is O=C(C#CCNC(=O)OCC1c2ccccc2-c2ccccc21)NC(Cc1cnc[nH]1)C(=O)O. The number of aromatic amines is 1. The van der Waals surface area contributed by atoms with Crippen molar-refractivity contribution in [3.05, 3.63) is 77.9 Å². The molecule has 1 unspecified atom stereocenters. The van der Waals surface area contributed by atoms with E-state index < -0.39 is 24.0 Å². The first-order chi connectivity index (χ1) is 16.5. The van der Waals surface area contributed by atoms with Gasteiger partial charge in [0.25, 0.3) is 5.91 Å². The van der Waals surface area contributed by atoms with E-state index in [1.54, 1.807) is 0 Å². The van der Waals surface area contributed by atoms with Crippen LogP contribution in [0.3, 0.4) is 0 Å². The lowest BCUT2D eigenvalue weighted by Gasteiger charge is -2.14. The quantitative estimate of drug-likeness (QED) is 0.401. The predicted octanol–water partition coefficient (Wildman–Crippen LogP) is 2.06. The van der Waals surface area contributed by atoms with Gasteiger partial charge in [-0.2, -0.15) is 0 Å². The summed E-state index contributed by atoms with van der Waals surface area (Å²) >= 11 is 0. The Kier molecular flexibility index (Phi) is 6.89. The summed E-state index contributed by atoms with van der Waals surface area (Å²) in [7, 11) is 0. The molecule has 0 saturated heterocycles. The van der Waals surface area contributed by atoms with Crippen LogP contribution in [-0.2, 0) is 20.7 Å². The fraction of sp³-hybridized carbons (Fsp3) is 0.200. The highest BCUT2D eigenvalue weighted by Crippen LogP contribution is 2.44. The van der Waals surface area contributed by atoms with Gasteiger partial charge < -0.3 is 25.5 Å². The van der Waals surface area contributed by atoms with Gasteiger partial charge in [0.1, 0.15) is 12.6 Å². The number of carboxylic acid groups (broad SMARTS) is 1. The molecule has 1 aliphatic rings. The summed E-state index contributed by atoms with van der Waals surface area (Å²) in [5.41, 5.74) is 5.05. The van der Waals surface area contributed by atoms with Gasteiger partial charge in [-0.05, 0) is 28.2 Å². The van der Waals surface area contributed by atoms with Crippen molar-refractivity contribution < 1.29 is 24.2 Å². The number of carbonyl (C=O) groups excluding carboxylic acids is 2. The molecule has 0 fully saturated rings. The summed E-state index contributed by atoms with van der Waals surface area (Å²) < 4.78 is 5.40. The van der Waals surface area contributed by atoms with Crippen molar-refractivity contribution >= 4 is 18.0 Å². The van der Waals surface area contributed by atoms with Gasteiger partial charge >= 0.3 is 12.1 Å². The van der Waals surface area contributed by atoms with E-state index in [9.17, 15) is 19.5 Å². The van der Waals surface area contributed by atoms with E-state index in [0.717, 1.165) is 22.3 Å². The Morgan fingerprint density at radius 3 is 2.38 bits per heavy atom. The van der Waals surface area contributed by atoms with Crippen LogP contribution in [-0.4, -0.2) is 52.2 Å². The van der Waals surface area contributed by atoms with Gasteiger partial charge in [-0.1, -0.05) is 54.5 Å². The van der Waals surface area contributed by atoms with Crippen LogP contribution in [0.25, 0.3) is 11.1 Å². The molecule has 0 saturated carbocycles. The second-order valence-electron chi connectivity index (χ2n) is 7.63. The number of H-pyrrole nitrogens is 1. The average Bonchev–Trinajstić information content (AvgIpc) is 3.46. The number of hydrogen-bond donors (Lipinski definition) is 4. The second kappa shape index (κ2) is 10.4. The normalized spacial score (nSPS) is 12.5. The maximum absolute atomic E-state index is 12.1. The Balaban J connectivity index is 1.25. The Bertz CT molecular complexity index is 1210. The fourth-order valence-corrected chi connectivity index (χ4v) is 3.90. The Morgan fingerprint density at radius 1 is 1.09 bits per heavy atom. The monoisotopic (exact) mass is 458 g/mol. The topological polar surface area (TPSA) is 133 Å². The van der Waals surface area contributed by atoms with E-state index >= 15 is 0 Å². The maximum atomic E-state index is 12.1. The summed E-state index contributed by atoms with van der Waals surface area (Å²) in [5.74, 6) is 2.74. The van der Waals surface area contributed by atoms with Crippen molar-refractivity contribution in [2.24, 2.45) is 0 Å². The van der Waals surface area contributed by atoms with Crippen LogP contribution in [0.1, 0.15) is 22.7 Å². The number of imidazole rings is 1. The molecule has 1 aliphatic carbocycles. The lowest BCUT2D eigenvalue weighted by atomic mass is 9.98. The number of ether oxygens (including phenoxy) is 1. The molecule has 0 radical (unpaired) electrons. The molecule has 0 bridgehead atoms. The van der Waals surface area contributed by atoms with Crippen LogP contribution in [0, 0.1) is 11.8 Å². The molecule has 3 aromatic rings. The van der Waals surface area contributed by atoms with E-state index in [2.05, 4.69) is 44.6 Å². The van der Waals surface area contributed by atoms with Crippen molar-refractivity contribution in [2.45, 2.75) is 18.4 Å². The molecule has 34 heavy (non-hydrogen) atoms. The van der Waals surface area contributed by atoms with Crippen molar-refractivity contribution in [2.75, 3.05) is 13.2 Å². The van der Waals surface area contributed by atoms with Gasteiger partial charge in [0.2, 0.25) is 0 Å². The van der Waals surface area contributed by atoms with Gasteiger partial charge in [0, 0.05) is 24.2 Å². The molecule has 2 amide bonds. The lowest BCUT2D eigenvalue weighted by Crippen LogP contribution is -2.41. The molecule has 0 spiro atoms. The minimum atomic E-state index is -1.19. The van der Waals surface area contributed by atoms with E-state index in [4.69, 9.17) is 4.74 Å². The van der Waals surface area contributed by atoms with Crippen LogP contribution in [0.2, 0.25) is 0 Å². The Hall–Kier alpha value is -4.58.